The minimum Gasteiger partial charge on any atom is -0.0622 e. The summed E-state index contributed by atoms with van der Waals surface area (Å²) < 4.78 is 0. The van der Waals surface area contributed by atoms with Crippen molar-refractivity contribution < 1.29 is 0 Å². The molecular weight excluding hydrogens is 841 g/mol. The van der Waals surface area contributed by atoms with E-state index in [1.807, 2.05) is 0 Å². The molecule has 70 heavy (non-hydrogen) atoms. The van der Waals surface area contributed by atoms with Gasteiger partial charge < -0.3 is 0 Å². The van der Waals surface area contributed by atoms with E-state index < -0.39 is 0 Å². The van der Waals surface area contributed by atoms with Crippen molar-refractivity contribution in [3.8, 4) is 55.6 Å². The van der Waals surface area contributed by atoms with Crippen LogP contribution < -0.4 is 0 Å². The number of rotatable bonds is 5. The molecule has 0 aliphatic carbocycles. The minimum atomic E-state index is 1.22. The maximum atomic E-state index is 2.57. The summed E-state index contributed by atoms with van der Waals surface area (Å²) in [5, 5.41) is 26.3. The van der Waals surface area contributed by atoms with Crippen molar-refractivity contribution in [1.82, 2.24) is 0 Å². The van der Waals surface area contributed by atoms with E-state index in [0.717, 1.165) is 0 Å². The molecule has 0 amide bonds. The molecule has 320 valence electrons. The predicted octanol–water partition coefficient (Wildman–Crippen LogP) is 19.9. The summed E-state index contributed by atoms with van der Waals surface area (Å²) in [5.41, 5.74) is 12.5. The zero-order valence-electron chi connectivity index (χ0n) is 38.1. The zero-order valence-corrected chi connectivity index (χ0v) is 38.1. The van der Waals surface area contributed by atoms with Gasteiger partial charge in [-0.25, -0.2) is 0 Å². The van der Waals surface area contributed by atoms with Crippen LogP contribution in [0, 0.1) is 0 Å². The molecule has 0 radical (unpaired) electrons. The maximum Gasteiger partial charge on any atom is -0.000696 e. The van der Waals surface area contributed by atoms with Gasteiger partial charge in [-0.3, -0.25) is 0 Å². The Balaban J connectivity index is 1.17. The first-order chi connectivity index (χ1) is 34.8. The molecule has 0 aromatic heterocycles. The van der Waals surface area contributed by atoms with E-state index >= 15 is 0 Å². The molecule has 0 atom stereocenters. The molecule has 0 fully saturated rings. The van der Waals surface area contributed by atoms with E-state index in [0.29, 0.717) is 0 Å². The normalized spacial score (nSPS) is 12.3. The SMILES string of the molecule is c1ccc(-c2ccccc2-c2ccc3c4c2cc2c5ccc(-c6ccccc6)c6cccc(c65)c2c4c2cccc4c(-c5ccccc5)c5c6ccc(-c7ccccc7)c7cccc(c76)c5c3c42)cc1. The summed E-state index contributed by atoms with van der Waals surface area (Å²) in [5.74, 6) is 0. The van der Waals surface area contributed by atoms with Crippen LogP contribution in [0.15, 0.2) is 243 Å². The Labute approximate surface area is 403 Å². The van der Waals surface area contributed by atoms with Gasteiger partial charge in [0.2, 0.25) is 0 Å². The molecule has 16 rings (SSSR count). The number of fused-ring (bicyclic) bond motifs is 10. The first-order valence-corrected chi connectivity index (χ1v) is 24.5. The van der Waals surface area contributed by atoms with Gasteiger partial charge in [0.05, 0.1) is 0 Å². The van der Waals surface area contributed by atoms with Gasteiger partial charge in [-0.05, 0) is 169 Å². The van der Waals surface area contributed by atoms with E-state index in [-0.39, 0.29) is 0 Å². The maximum absolute atomic E-state index is 2.57. The number of benzene rings is 14. The Hall–Kier alpha value is -9.10. The lowest BCUT2D eigenvalue weighted by atomic mass is 9.81. The Bertz CT molecular complexity index is 4760. The molecule has 0 heteroatoms. The van der Waals surface area contributed by atoms with Crippen LogP contribution in [0.4, 0.5) is 0 Å². The molecular formula is C70H40. The second-order valence-corrected chi connectivity index (χ2v) is 19.3. The van der Waals surface area contributed by atoms with Crippen LogP contribution in [-0.2, 0) is 0 Å². The number of hydrogen-bond acceptors (Lipinski definition) is 0. The van der Waals surface area contributed by atoms with Crippen molar-refractivity contribution in [3.63, 3.8) is 0 Å². The third-order valence-corrected chi connectivity index (χ3v) is 15.9. The molecule has 0 unspecified atom stereocenters. The molecule has 0 heterocycles. The van der Waals surface area contributed by atoms with Crippen molar-refractivity contribution in [2.75, 3.05) is 0 Å². The largest absolute Gasteiger partial charge is 0.0622 e. The van der Waals surface area contributed by atoms with Crippen molar-refractivity contribution in [1.29, 1.82) is 0 Å². The van der Waals surface area contributed by atoms with E-state index in [1.54, 1.807) is 0 Å². The highest BCUT2D eigenvalue weighted by molar-refractivity contribution is 6.52. The zero-order chi connectivity index (χ0) is 45.6. The third kappa shape index (κ3) is 4.99. The third-order valence-electron chi connectivity index (χ3n) is 15.9. The fourth-order valence-corrected chi connectivity index (χ4v) is 13.2. The molecule has 0 spiro atoms. The lowest BCUT2D eigenvalue weighted by Crippen LogP contribution is -1.93. The Kier molecular flexibility index (Phi) is 7.70. The first kappa shape index (κ1) is 37.9. The highest BCUT2D eigenvalue weighted by Crippen LogP contribution is 2.57. The van der Waals surface area contributed by atoms with E-state index in [1.165, 1.54) is 163 Å². The smallest absolute Gasteiger partial charge is 0.000696 e. The van der Waals surface area contributed by atoms with Crippen molar-refractivity contribution in [3.05, 3.63) is 243 Å². The van der Waals surface area contributed by atoms with Gasteiger partial charge in [-0.2, -0.15) is 0 Å². The first-order valence-electron chi connectivity index (χ1n) is 24.5. The van der Waals surface area contributed by atoms with Gasteiger partial charge in [0.25, 0.3) is 0 Å². The molecule has 16 aromatic rings. The Morgan fingerprint density at radius 2 is 0.514 bits per heavy atom. The van der Waals surface area contributed by atoms with Crippen LogP contribution >= 0.6 is 0 Å². The van der Waals surface area contributed by atoms with Crippen LogP contribution in [0.25, 0.3) is 163 Å². The Morgan fingerprint density at radius 1 is 0.143 bits per heavy atom. The molecule has 0 N–H and O–H groups in total. The molecule has 0 saturated heterocycles. The fourth-order valence-electron chi connectivity index (χ4n) is 13.2. The van der Waals surface area contributed by atoms with Gasteiger partial charge >= 0.3 is 0 Å². The lowest BCUT2D eigenvalue weighted by Gasteiger charge is -2.22. The summed E-state index contributed by atoms with van der Waals surface area (Å²) in [6.07, 6.45) is 0. The van der Waals surface area contributed by atoms with Crippen LogP contribution in [0.3, 0.4) is 0 Å². The van der Waals surface area contributed by atoms with Crippen molar-refractivity contribution >= 4 is 108 Å². The number of hydrogen-bond donors (Lipinski definition) is 0. The summed E-state index contributed by atoms with van der Waals surface area (Å²) in [6.45, 7) is 0. The lowest BCUT2D eigenvalue weighted by molar-refractivity contribution is 1.60. The summed E-state index contributed by atoms with van der Waals surface area (Å²) in [4.78, 5) is 0. The molecule has 0 aliphatic rings. The Morgan fingerprint density at radius 3 is 1.13 bits per heavy atom. The standard InChI is InChI=1S/C70H40/c1-5-18-41(19-6-1)45-26-13-14-27-48(45)49-36-39-58-66-59(49)40-60-52-37-34-46(42-20-7-2-8-21-42)50-28-15-31-54(62(50)52)65(60)68(66)56-33-17-30-53-61(44-24-11-4-12-25-44)67-57-38-35-47(43-22-9-3-10-23-43)51-29-16-32-55(63(51)57)70(67)69(58)64(53)56/h1-40H. The van der Waals surface area contributed by atoms with Gasteiger partial charge in [0.15, 0.2) is 0 Å². The van der Waals surface area contributed by atoms with Crippen LogP contribution in [0.5, 0.6) is 0 Å². The van der Waals surface area contributed by atoms with Gasteiger partial charge in [0, 0.05) is 0 Å². The molecule has 16 aromatic carbocycles. The predicted molar refractivity (Wildman–Crippen MR) is 302 cm³/mol. The highest BCUT2D eigenvalue weighted by Gasteiger charge is 2.28. The van der Waals surface area contributed by atoms with E-state index in [2.05, 4.69) is 243 Å². The average molecular weight is 881 g/mol. The van der Waals surface area contributed by atoms with Crippen molar-refractivity contribution in [2.45, 2.75) is 0 Å². The van der Waals surface area contributed by atoms with E-state index in [9.17, 15) is 0 Å². The second kappa shape index (κ2) is 14.2. The highest BCUT2D eigenvalue weighted by atomic mass is 14.3. The monoisotopic (exact) mass is 880 g/mol. The quantitative estimate of drug-likeness (QED) is 0.119. The van der Waals surface area contributed by atoms with E-state index in [4.69, 9.17) is 0 Å². The van der Waals surface area contributed by atoms with Gasteiger partial charge in [-0.15, -0.1) is 0 Å². The fraction of sp³-hybridized carbons (Fsp3) is 0. The molecule has 0 saturated carbocycles. The molecule has 0 nitrogen and oxygen atoms in total. The molecule has 0 aliphatic heterocycles. The summed E-state index contributed by atoms with van der Waals surface area (Å²) in [6, 6.07) is 91.2. The average Bonchev–Trinajstić information content (AvgIpc) is 3.94. The second-order valence-electron chi connectivity index (χ2n) is 19.3. The van der Waals surface area contributed by atoms with Crippen molar-refractivity contribution in [2.24, 2.45) is 0 Å². The van der Waals surface area contributed by atoms with Crippen LogP contribution in [0.1, 0.15) is 0 Å². The summed E-state index contributed by atoms with van der Waals surface area (Å²) >= 11 is 0. The van der Waals surface area contributed by atoms with Crippen LogP contribution in [-0.4, -0.2) is 0 Å². The van der Waals surface area contributed by atoms with Gasteiger partial charge in [0.1, 0.15) is 0 Å². The topological polar surface area (TPSA) is 0 Å². The van der Waals surface area contributed by atoms with Crippen LogP contribution in [0.2, 0.25) is 0 Å². The minimum absolute atomic E-state index is 1.22. The molecule has 0 bridgehead atoms. The van der Waals surface area contributed by atoms with Gasteiger partial charge in [-0.1, -0.05) is 237 Å². The summed E-state index contributed by atoms with van der Waals surface area (Å²) in [7, 11) is 0.